The quantitative estimate of drug-likeness (QED) is 0.577. The summed E-state index contributed by atoms with van der Waals surface area (Å²) in [5, 5.41) is 0.969. The lowest BCUT2D eigenvalue weighted by Crippen LogP contribution is -2.00. The van der Waals surface area contributed by atoms with Crippen LogP contribution < -0.4 is 8.85 Å². The van der Waals surface area contributed by atoms with Crippen LogP contribution in [0.1, 0.15) is 0 Å². The molecule has 1 aliphatic rings. The van der Waals surface area contributed by atoms with E-state index in [0.717, 1.165) is 5.39 Å². The van der Waals surface area contributed by atoms with Gasteiger partial charge in [-0.25, -0.2) is 4.98 Å². The summed E-state index contributed by atoms with van der Waals surface area (Å²) in [6, 6.07) is 5.71. The maximum atomic E-state index is 5.22. The lowest BCUT2D eigenvalue weighted by molar-refractivity contribution is 0.535. The molecule has 0 N–H and O–H groups in total. The van der Waals surface area contributed by atoms with Gasteiger partial charge in [0.15, 0.2) is 11.4 Å². The number of rotatable bonds is 0. The minimum atomic E-state index is 0.0238. The van der Waals surface area contributed by atoms with E-state index in [1.807, 2.05) is 18.2 Å². The molecule has 0 unspecified atom stereocenters. The Balaban J connectivity index is 2.36. The zero-order valence-electron chi connectivity index (χ0n) is 6.52. The van der Waals surface area contributed by atoms with Crippen LogP contribution >= 0.6 is 0 Å². The van der Waals surface area contributed by atoms with Gasteiger partial charge in [0.05, 0.1) is 0 Å². The molecular formula is C8H4N2O2Si. The minimum Gasteiger partial charge on any atom is -0.504 e. The van der Waals surface area contributed by atoms with Crippen molar-refractivity contribution in [1.82, 2.24) is 9.97 Å². The van der Waals surface area contributed by atoms with Gasteiger partial charge in [0, 0.05) is 11.6 Å². The first-order valence-corrected chi connectivity index (χ1v) is 4.59. The Bertz CT molecular complexity index is 432. The minimum absolute atomic E-state index is 0.0238. The smallest absolute Gasteiger partial charge is 0.504 e. The third kappa shape index (κ3) is 0.972. The zero-order chi connectivity index (χ0) is 8.67. The highest BCUT2D eigenvalue weighted by Crippen LogP contribution is 2.31. The van der Waals surface area contributed by atoms with Crippen LogP contribution in [0, 0.1) is 0 Å². The molecule has 2 aromatic heterocycles. The van der Waals surface area contributed by atoms with Crippen molar-refractivity contribution in [1.29, 1.82) is 0 Å². The van der Waals surface area contributed by atoms with Gasteiger partial charge in [-0.3, -0.25) is 0 Å². The van der Waals surface area contributed by atoms with Crippen molar-refractivity contribution in [2.75, 3.05) is 0 Å². The lowest BCUT2D eigenvalue weighted by Gasteiger charge is -1.98. The van der Waals surface area contributed by atoms with Gasteiger partial charge in [-0.2, -0.15) is 4.98 Å². The second-order valence-electron chi connectivity index (χ2n) is 2.63. The highest BCUT2D eigenvalue weighted by molar-refractivity contribution is 6.22. The van der Waals surface area contributed by atoms with Crippen LogP contribution in [0.3, 0.4) is 0 Å². The summed E-state index contributed by atoms with van der Waals surface area (Å²) in [4.78, 5) is 8.32. The Morgan fingerprint density at radius 1 is 1.31 bits per heavy atom. The molecule has 0 bridgehead atoms. The molecule has 3 rings (SSSR count). The predicted octanol–water partition coefficient (Wildman–Crippen LogP) is 0.935. The largest absolute Gasteiger partial charge is 0.611 e. The van der Waals surface area contributed by atoms with E-state index in [1.54, 1.807) is 6.20 Å². The molecule has 5 heteroatoms. The first-order chi connectivity index (χ1) is 6.43. The van der Waals surface area contributed by atoms with E-state index < -0.39 is 0 Å². The third-order valence-corrected chi connectivity index (χ3v) is 2.39. The number of hydrogen-bond donors (Lipinski definition) is 0. The second kappa shape index (κ2) is 2.43. The number of aromatic nitrogens is 2. The van der Waals surface area contributed by atoms with E-state index >= 15 is 0 Å². The molecule has 4 nitrogen and oxygen atoms in total. The SMILES string of the molecule is c1cnc2nc3c(cc2c1)O[Si]O3. The molecule has 0 atom stereocenters. The molecule has 62 valence electrons. The van der Waals surface area contributed by atoms with Crippen LogP contribution in [0.15, 0.2) is 24.4 Å². The molecule has 3 heterocycles. The summed E-state index contributed by atoms with van der Waals surface area (Å²) in [6.45, 7) is 0. The Morgan fingerprint density at radius 2 is 2.31 bits per heavy atom. The molecule has 0 amide bonds. The lowest BCUT2D eigenvalue weighted by atomic mass is 10.3. The van der Waals surface area contributed by atoms with Crippen LogP contribution in [0.25, 0.3) is 11.0 Å². The van der Waals surface area contributed by atoms with Crippen LogP contribution in [0.2, 0.25) is 0 Å². The Hall–Kier alpha value is -1.62. The van der Waals surface area contributed by atoms with Gasteiger partial charge in [0.2, 0.25) is 5.88 Å². The van der Waals surface area contributed by atoms with Gasteiger partial charge in [-0.1, -0.05) is 0 Å². The average molecular weight is 188 g/mol. The maximum absolute atomic E-state index is 5.22. The van der Waals surface area contributed by atoms with E-state index in [2.05, 4.69) is 9.97 Å². The molecule has 0 aliphatic carbocycles. The summed E-state index contributed by atoms with van der Waals surface area (Å²) in [5.74, 6) is 1.25. The van der Waals surface area contributed by atoms with Crippen molar-refractivity contribution < 1.29 is 8.85 Å². The van der Waals surface area contributed by atoms with Crippen LogP contribution in [0.5, 0.6) is 11.6 Å². The van der Waals surface area contributed by atoms with E-state index in [-0.39, 0.29) is 10.0 Å². The van der Waals surface area contributed by atoms with Crippen molar-refractivity contribution in [3.8, 4) is 11.6 Å². The van der Waals surface area contributed by atoms with Crippen molar-refractivity contribution in [2.24, 2.45) is 0 Å². The van der Waals surface area contributed by atoms with E-state index in [1.165, 1.54) is 0 Å². The number of pyridine rings is 2. The Kier molecular flexibility index (Phi) is 1.28. The zero-order valence-corrected chi connectivity index (χ0v) is 7.52. The molecule has 1 aliphatic heterocycles. The monoisotopic (exact) mass is 188 g/mol. The second-order valence-corrected chi connectivity index (χ2v) is 3.20. The van der Waals surface area contributed by atoms with Crippen molar-refractivity contribution in [3.05, 3.63) is 24.4 Å². The highest BCUT2D eigenvalue weighted by Gasteiger charge is 2.18. The molecule has 0 saturated heterocycles. The van der Waals surface area contributed by atoms with Gasteiger partial charge >= 0.3 is 10.0 Å². The molecule has 0 fully saturated rings. The van der Waals surface area contributed by atoms with Crippen LogP contribution in [-0.4, -0.2) is 20.0 Å². The number of hydrogen-bond acceptors (Lipinski definition) is 4. The summed E-state index contributed by atoms with van der Waals surface area (Å²) >= 11 is 0. The van der Waals surface area contributed by atoms with E-state index in [0.29, 0.717) is 17.3 Å². The molecule has 13 heavy (non-hydrogen) atoms. The maximum Gasteiger partial charge on any atom is 0.611 e. The van der Waals surface area contributed by atoms with Gasteiger partial charge < -0.3 is 8.85 Å². The van der Waals surface area contributed by atoms with Gasteiger partial charge in [-0.05, 0) is 18.2 Å². The van der Waals surface area contributed by atoms with Gasteiger partial charge in [0.25, 0.3) is 0 Å². The molecule has 0 spiro atoms. The fourth-order valence-electron chi connectivity index (χ4n) is 1.22. The number of nitrogens with zero attached hydrogens (tertiary/aromatic N) is 2. The standard InChI is InChI=1S/C8H4N2O2Si/c1-2-5-4-6-8(12-13-11-6)10-7(5)9-3-1/h1-4H. The van der Waals surface area contributed by atoms with Gasteiger partial charge in [0.1, 0.15) is 0 Å². The Labute approximate surface area is 76.6 Å². The summed E-state index contributed by atoms with van der Waals surface area (Å²) in [6.07, 6.45) is 1.71. The van der Waals surface area contributed by atoms with E-state index in [9.17, 15) is 0 Å². The fraction of sp³-hybridized carbons (Fsp3) is 0. The predicted molar refractivity (Wildman–Crippen MR) is 46.5 cm³/mol. The van der Waals surface area contributed by atoms with Crippen LogP contribution in [-0.2, 0) is 0 Å². The highest BCUT2D eigenvalue weighted by atomic mass is 28.3. The van der Waals surface area contributed by atoms with Crippen molar-refractivity contribution in [3.63, 3.8) is 0 Å². The molecule has 0 saturated carbocycles. The van der Waals surface area contributed by atoms with Gasteiger partial charge in [-0.15, -0.1) is 0 Å². The molecule has 2 aromatic rings. The average Bonchev–Trinajstić information content (AvgIpc) is 2.61. The topological polar surface area (TPSA) is 44.2 Å². The summed E-state index contributed by atoms with van der Waals surface area (Å²) < 4.78 is 10.4. The summed E-state index contributed by atoms with van der Waals surface area (Å²) in [7, 11) is 0.0238. The third-order valence-electron chi connectivity index (χ3n) is 1.81. The normalized spacial score (nSPS) is 13.5. The Morgan fingerprint density at radius 3 is 3.31 bits per heavy atom. The van der Waals surface area contributed by atoms with Crippen molar-refractivity contribution in [2.45, 2.75) is 0 Å². The van der Waals surface area contributed by atoms with Crippen LogP contribution in [0.4, 0.5) is 0 Å². The first-order valence-electron chi connectivity index (χ1n) is 3.78. The molecule has 2 radical (unpaired) electrons. The van der Waals surface area contributed by atoms with Crippen molar-refractivity contribution >= 4 is 21.0 Å². The molecular weight excluding hydrogens is 184 g/mol. The first kappa shape index (κ1) is 6.85. The molecule has 0 aromatic carbocycles. The summed E-state index contributed by atoms with van der Waals surface area (Å²) in [5.41, 5.74) is 0.691. The van der Waals surface area contributed by atoms with E-state index in [4.69, 9.17) is 8.85 Å². The fourth-order valence-corrected chi connectivity index (χ4v) is 1.72. The number of fused-ring (bicyclic) bond motifs is 2.